The Bertz CT molecular complexity index is 509. The van der Waals surface area contributed by atoms with Crippen LogP contribution < -0.4 is 0 Å². The van der Waals surface area contributed by atoms with Crippen molar-refractivity contribution >= 4 is 5.97 Å². The molecule has 8 atom stereocenters. The van der Waals surface area contributed by atoms with Crippen molar-refractivity contribution in [2.24, 2.45) is 23.7 Å². The van der Waals surface area contributed by atoms with E-state index in [4.69, 9.17) is 24.0 Å². The molecule has 1 aliphatic carbocycles. The lowest BCUT2D eigenvalue weighted by Crippen LogP contribution is -2.76. The average molecular weight is 326 g/mol. The number of carbonyl (C=O) groups excluding carboxylic acids is 1. The van der Waals surface area contributed by atoms with Crippen LogP contribution in [-0.2, 0) is 28.8 Å². The molecule has 4 saturated heterocycles. The van der Waals surface area contributed by atoms with Crippen LogP contribution in [0.4, 0.5) is 0 Å². The second kappa shape index (κ2) is 5.15. The number of ether oxygens (including phenoxy) is 3. The maximum absolute atomic E-state index is 11.7. The Balaban J connectivity index is 1.68. The molecule has 0 aromatic carbocycles. The number of hydrogen-bond donors (Lipinski definition) is 0. The van der Waals surface area contributed by atoms with Crippen LogP contribution in [0, 0.1) is 23.7 Å². The summed E-state index contributed by atoms with van der Waals surface area (Å²) in [6.45, 7) is 8.02. The third-order valence-electron chi connectivity index (χ3n) is 6.31. The first-order chi connectivity index (χ1) is 10.9. The largest absolute Gasteiger partial charge is 0.435 e. The first kappa shape index (κ1) is 15.8. The fourth-order valence-electron chi connectivity index (χ4n) is 5.03. The van der Waals surface area contributed by atoms with Crippen LogP contribution in [-0.4, -0.2) is 29.9 Å². The summed E-state index contributed by atoms with van der Waals surface area (Å²) >= 11 is 0. The summed E-state index contributed by atoms with van der Waals surface area (Å²) in [5, 5.41) is 0. The molecular formula is C17H26O6. The van der Waals surface area contributed by atoms with E-state index in [0.29, 0.717) is 18.3 Å². The van der Waals surface area contributed by atoms with E-state index < -0.39 is 24.0 Å². The molecule has 0 aromatic rings. The van der Waals surface area contributed by atoms with Crippen molar-refractivity contribution in [1.29, 1.82) is 0 Å². The van der Waals surface area contributed by atoms with E-state index in [0.717, 1.165) is 19.3 Å². The summed E-state index contributed by atoms with van der Waals surface area (Å²) in [6.07, 6.45) is 2.17. The van der Waals surface area contributed by atoms with Crippen LogP contribution in [0.15, 0.2) is 0 Å². The highest BCUT2D eigenvalue weighted by Gasteiger charge is 2.72. The fourth-order valence-corrected chi connectivity index (χ4v) is 5.03. The fraction of sp³-hybridized carbons (Fsp3) is 0.941. The van der Waals surface area contributed by atoms with Crippen molar-refractivity contribution < 1.29 is 28.8 Å². The summed E-state index contributed by atoms with van der Waals surface area (Å²) in [4.78, 5) is 23.3. The van der Waals surface area contributed by atoms with Gasteiger partial charge in [-0.2, -0.15) is 0 Å². The highest BCUT2D eigenvalue weighted by molar-refractivity contribution is 5.69. The number of carbonyl (C=O) groups is 1. The maximum atomic E-state index is 11.7. The summed E-state index contributed by atoms with van der Waals surface area (Å²) in [5.74, 6) is 0.0827. The van der Waals surface area contributed by atoms with Gasteiger partial charge < -0.3 is 14.2 Å². The number of esters is 1. The highest BCUT2D eigenvalue weighted by Crippen LogP contribution is 2.62. The van der Waals surface area contributed by atoms with Gasteiger partial charge >= 0.3 is 5.97 Å². The highest BCUT2D eigenvalue weighted by atomic mass is 17.3. The SMILES string of the molecule is CCC(=O)OC1O[C@@H]2OC3(C)CC4[C@H](C)CCC([C@H]1C)[C@]42OO3. The average Bonchev–Trinajstić information content (AvgIpc) is 2.53. The van der Waals surface area contributed by atoms with Gasteiger partial charge in [-0.3, -0.25) is 4.79 Å². The molecule has 0 N–H and O–H groups in total. The smallest absolute Gasteiger partial charge is 0.307 e. The quantitative estimate of drug-likeness (QED) is 0.574. The Kier molecular flexibility index (Phi) is 3.54. The minimum Gasteiger partial charge on any atom is -0.435 e. The Morgan fingerprint density at radius 3 is 2.74 bits per heavy atom. The third-order valence-corrected chi connectivity index (χ3v) is 6.31. The first-order valence-electron chi connectivity index (χ1n) is 8.79. The Morgan fingerprint density at radius 2 is 2.00 bits per heavy atom. The van der Waals surface area contributed by atoms with Crippen LogP contribution in [0.1, 0.15) is 53.4 Å². The lowest BCUT2D eigenvalue weighted by molar-refractivity contribution is -0.614. The second-order valence-corrected chi connectivity index (χ2v) is 7.78. The Labute approximate surface area is 136 Å². The van der Waals surface area contributed by atoms with Crippen LogP contribution in [0.3, 0.4) is 0 Å². The molecule has 0 aromatic heterocycles. The van der Waals surface area contributed by atoms with Gasteiger partial charge in [-0.1, -0.05) is 20.8 Å². The van der Waals surface area contributed by atoms with E-state index in [1.807, 2.05) is 6.92 Å². The third kappa shape index (κ3) is 2.11. The van der Waals surface area contributed by atoms with Gasteiger partial charge in [-0.15, -0.1) is 0 Å². The zero-order valence-corrected chi connectivity index (χ0v) is 14.2. The van der Waals surface area contributed by atoms with Gasteiger partial charge in [0.05, 0.1) is 0 Å². The van der Waals surface area contributed by atoms with Gasteiger partial charge in [0.1, 0.15) is 0 Å². The number of fused-ring (bicyclic) bond motifs is 1. The monoisotopic (exact) mass is 326 g/mol. The van der Waals surface area contributed by atoms with E-state index >= 15 is 0 Å². The minimum absolute atomic E-state index is 0.0476. The summed E-state index contributed by atoms with van der Waals surface area (Å²) in [7, 11) is 0. The van der Waals surface area contributed by atoms with Crippen molar-refractivity contribution in [2.75, 3.05) is 0 Å². The molecule has 2 bridgehead atoms. The van der Waals surface area contributed by atoms with Gasteiger partial charge in [0, 0.05) is 30.6 Å². The van der Waals surface area contributed by atoms with Crippen molar-refractivity contribution in [3.63, 3.8) is 0 Å². The van der Waals surface area contributed by atoms with Gasteiger partial charge in [-0.05, 0) is 25.7 Å². The molecule has 1 saturated carbocycles. The van der Waals surface area contributed by atoms with Crippen LogP contribution in [0.25, 0.3) is 0 Å². The number of rotatable bonds is 2. The molecule has 6 nitrogen and oxygen atoms in total. The molecular weight excluding hydrogens is 300 g/mol. The molecule has 5 rings (SSSR count). The Morgan fingerprint density at radius 1 is 1.22 bits per heavy atom. The zero-order valence-electron chi connectivity index (χ0n) is 14.2. The first-order valence-corrected chi connectivity index (χ1v) is 8.79. The molecule has 4 aliphatic heterocycles. The van der Waals surface area contributed by atoms with Crippen molar-refractivity contribution in [2.45, 2.75) is 77.3 Å². The summed E-state index contributed by atoms with van der Waals surface area (Å²) in [5.41, 5.74) is -0.579. The molecule has 5 aliphatic rings. The molecule has 4 heterocycles. The summed E-state index contributed by atoms with van der Waals surface area (Å²) in [6, 6.07) is 0. The Hall–Kier alpha value is -0.690. The van der Waals surface area contributed by atoms with E-state index in [9.17, 15) is 4.79 Å². The predicted molar refractivity (Wildman–Crippen MR) is 78.6 cm³/mol. The van der Waals surface area contributed by atoms with Crippen LogP contribution in [0.2, 0.25) is 0 Å². The maximum Gasteiger partial charge on any atom is 0.307 e. The van der Waals surface area contributed by atoms with Gasteiger partial charge in [-0.25, -0.2) is 9.78 Å². The van der Waals surface area contributed by atoms with Crippen LogP contribution >= 0.6 is 0 Å². The van der Waals surface area contributed by atoms with Gasteiger partial charge in [0.25, 0.3) is 0 Å². The normalized spacial score (nSPS) is 54.4. The topological polar surface area (TPSA) is 63.2 Å². The molecule has 6 heteroatoms. The lowest BCUT2D eigenvalue weighted by Gasteiger charge is -2.66. The molecule has 1 spiro atoms. The molecule has 5 fully saturated rings. The van der Waals surface area contributed by atoms with E-state index in [1.165, 1.54) is 0 Å². The zero-order chi connectivity index (χ0) is 16.4. The van der Waals surface area contributed by atoms with Crippen molar-refractivity contribution in [3.8, 4) is 0 Å². The van der Waals surface area contributed by atoms with Gasteiger partial charge in [0.2, 0.25) is 12.1 Å². The predicted octanol–water partition coefficient (Wildman–Crippen LogP) is 2.76. The molecule has 130 valence electrons. The van der Waals surface area contributed by atoms with E-state index in [1.54, 1.807) is 6.92 Å². The van der Waals surface area contributed by atoms with E-state index in [-0.39, 0.29) is 17.8 Å². The number of hydrogen-bond acceptors (Lipinski definition) is 6. The minimum atomic E-state index is -0.785. The second-order valence-electron chi connectivity index (χ2n) is 7.78. The van der Waals surface area contributed by atoms with Gasteiger partial charge in [0.15, 0.2) is 11.9 Å². The molecule has 23 heavy (non-hydrogen) atoms. The molecule has 0 radical (unpaired) electrons. The summed E-state index contributed by atoms with van der Waals surface area (Å²) < 4.78 is 17.7. The molecule has 0 amide bonds. The standard InChI is InChI=1S/C17H26O6/c1-5-13(18)19-14-10(3)11-7-6-9(2)12-8-16(4)21-15(20-14)17(11,12)23-22-16/h9-12,14-15H,5-8H2,1-4H3/t9-,10-,11?,12?,14?,15-,16?,17+/m1/s1. The van der Waals surface area contributed by atoms with Crippen LogP contribution in [0.5, 0.6) is 0 Å². The lowest BCUT2D eigenvalue weighted by atomic mass is 9.56. The van der Waals surface area contributed by atoms with Crippen molar-refractivity contribution in [1.82, 2.24) is 0 Å². The van der Waals surface area contributed by atoms with E-state index in [2.05, 4.69) is 13.8 Å². The molecule has 4 unspecified atom stereocenters. The van der Waals surface area contributed by atoms with Crippen molar-refractivity contribution in [3.05, 3.63) is 0 Å².